The molecule has 5 nitrogen and oxygen atoms in total. The van der Waals surface area contributed by atoms with E-state index in [1.165, 1.54) is 0 Å². The van der Waals surface area contributed by atoms with Gasteiger partial charge in [0.25, 0.3) is 0 Å². The predicted octanol–water partition coefficient (Wildman–Crippen LogP) is 3.92. The minimum Gasteiger partial charge on any atom is -0.497 e. The third-order valence-electron chi connectivity index (χ3n) is 4.92. The lowest BCUT2D eigenvalue weighted by Crippen LogP contribution is -2.37. The monoisotopic (exact) mass is 327 g/mol. The molecule has 0 radical (unpaired) electrons. The van der Waals surface area contributed by atoms with Crippen LogP contribution in [0.15, 0.2) is 36.7 Å². The lowest BCUT2D eigenvalue weighted by Gasteiger charge is -2.28. The van der Waals surface area contributed by atoms with E-state index in [1.54, 1.807) is 13.3 Å². The summed E-state index contributed by atoms with van der Waals surface area (Å²) in [5, 5.41) is 7.37. The summed E-state index contributed by atoms with van der Waals surface area (Å²) < 4.78 is 7.09. The standard InChI is InChI=1S/C19H25N3O2/c1-14(2)22-13-16(12-20-22)21-18(23)19(10-4-5-11-19)15-6-8-17(24-3)9-7-15/h6-9,12-14H,4-5,10-11H2,1-3H3,(H,21,23). The molecule has 0 bridgehead atoms. The molecule has 0 spiro atoms. The molecule has 1 saturated carbocycles. The van der Waals surface area contributed by atoms with E-state index >= 15 is 0 Å². The van der Waals surface area contributed by atoms with Crippen LogP contribution >= 0.6 is 0 Å². The van der Waals surface area contributed by atoms with Crippen LogP contribution in [-0.4, -0.2) is 22.8 Å². The van der Waals surface area contributed by atoms with E-state index in [0.717, 1.165) is 42.7 Å². The second-order valence-electron chi connectivity index (χ2n) is 6.77. The molecule has 0 atom stereocenters. The van der Waals surface area contributed by atoms with Crippen LogP contribution in [0.5, 0.6) is 5.75 Å². The maximum Gasteiger partial charge on any atom is 0.235 e. The molecule has 1 amide bonds. The largest absolute Gasteiger partial charge is 0.497 e. The smallest absolute Gasteiger partial charge is 0.235 e. The summed E-state index contributed by atoms with van der Waals surface area (Å²) >= 11 is 0. The van der Waals surface area contributed by atoms with Crippen LogP contribution in [0.4, 0.5) is 5.69 Å². The molecule has 0 unspecified atom stereocenters. The maximum atomic E-state index is 13.1. The highest BCUT2D eigenvalue weighted by Crippen LogP contribution is 2.42. The molecule has 1 heterocycles. The summed E-state index contributed by atoms with van der Waals surface area (Å²) in [4.78, 5) is 13.1. The first-order chi connectivity index (χ1) is 11.5. The second-order valence-corrected chi connectivity index (χ2v) is 6.77. The molecule has 5 heteroatoms. The van der Waals surface area contributed by atoms with Crippen LogP contribution < -0.4 is 10.1 Å². The van der Waals surface area contributed by atoms with E-state index in [-0.39, 0.29) is 11.9 Å². The highest BCUT2D eigenvalue weighted by Gasteiger charge is 2.42. The molecular weight excluding hydrogens is 302 g/mol. The molecule has 2 aromatic rings. The maximum absolute atomic E-state index is 13.1. The van der Waals surface area contributed by atoms with Crippen molar-refractivity contribution in [2.75, 3.05) is 12.4 Å². The summed E-state index contributed by atoms with van der Waals surface area (Å²) in [6.07, 6.45) is 7.51. The van der Waals surface area contributed by atoms with Gasteiger partial charge in [0.2, 0.25) is 5.91 Å². The highest BCUT2D eigenvalue weighted by molar-refractivity contribution is 5.99. The van der Waals surface area contributed by atoms with Gasteiger partial charge in [-0.1, -0.05) is 25.0 Å². The van der Waals surface area contributed by atoms with Gasteiger partial charge in [-0.2, -0.15) is 5.10 Å². The van der Waals surface area contributed by atoms with E-state index in [4.69, 9.17) is 4.74 Å². The Morgan fingerprint density at radius 1 is 1.25 bits per heavy atom. The Morgan fingerprint density at radius 2 is 1.92 bits per heavy atom. The van der Waals surface area contributed by atoms with E-state index in [1.807, 2.05) is 35.1 Å². The molecule has 128 valence electrons. The SMILES string of the molecule is COc1ccc(C2(C(=O)Nc3cnn(C(C)C)c3)CCCC2)cc1. The van der Waals surface area contributed by atoms with E-state index < -0.39 is 5.41 Å². The van der Waals surface area contributed by atoms with Crippen LogP contribution in [0, 0.1) is 0 Å². The van der Waals surface area contributed by atoms with Gasteiger partial charge < -0.3 is 10.1 Å². The number of amides is 1. The van der Waals surface area contributed by atoms with Crippen LogP contribution in [0.1, 0.15) is 51.1 Å². The van der Waals surface area contributed by atoms with Crippen molar-refractivity contribution in [3.8, 4) is 5.75 Å². The summed E-state index contributed by atoms with van der Waals surface area (Å²) in [6, 6.07) is 8.17. The average Bonchev–Trinajstić information content (AvgIpc) is 3.25. The van der Waals surface area contributed by atoms with Gasteiger partial charge in [0.05, 0.1) is 24.4 Å². The van der Waals surface area contributed by atoms with Crippen LogP contribution in [0.25, 0.3) is 0 Å². The number of rotatable bonds is 5. The Bertz CT molecular complexity index is 698. The number of methoxy groups -OCH3 is 1. The Kier molecular flexibility index (Phi) is 4.60. The minimum absolute atomic E-state index is 0.0634. The molecule has 1 aliphatic rings. The molecule has 1 aromatic carbocycles. The van der Waals surface area contributed by atoms with Gasteiger partial charge in [-0.3, -0.25) is 9.48 Å². The van der Waals surface area contributed by atoms with Gasteiger partial charge in [0.15, 0.2) is 0 Å². The van der Waals surface area contributed by atoms with Gasteiger partial charge >= 0.3 is 0 Å². The van der Waals surface area contributed by atoms with Crippen molar-refractivity contribution >= 4 is 11.6 Å². The highest BCUT2D eigenvalue weighted by atomic mass is 16.5. The fraction of sp³-hybridized carbons (Fsp3) is 0.474. The third kappa shape index (κ3) is 3.03. The van der Waals surface area contributed by atoms with Crippen molar-refractivity contribution in [1.29, 1.82) is 0 Å². The number of carbonyl (C=O) groups is 1. The Morgan fingerprint density at radius 3 is 2.46 bits per heavy atom. The number of anilines is 1. The Hall–Kier alpha value is -2.30. The van der Waals surface area contributed by atoms with Gasteiger partial charge in [-0.15, -0.1) is 0 Å². The zero-order valence-electron chi connectivity index (χ0n) is 14.6. The number of ether oxygens (including phenoxy) is 1. The van der Waals surface area contributed by atoms with Crippen molar-refractivity contribution in [3.63, 3.8) is 0 Å². The molecule has 1 aromatic heterocycles. The normalized spacial score (nSPS) is 16.3. The molecule has 1 N–H and O–H groups in total. The number of hydrogen-bond donors (Lipinski definition) is 1. The molecule has 24 heavy (non-hydrogen) atoms. The van der Waals surface area contributed by atoms with Gasteiger partial charge in [-0.25, -0.2) is 0 Å². The summed E-state index contributed by atoms with van der Waals surface area (Å²) in [5.74, 6) is 0.874. The predicted molar refractivity (Wildman–Crippen MR) is 94.4 cm³/mol. The summed E-state index contributed by atoms with van der Waals surface area (Å²) in [6.45, 7) is 4.13. The van der Waals surface area contributed by atoms with Crippen LogP contribution in [0.2, 0.25) is 0 Å². The van der Waals surface area contributed by atoms with Crippen molar-refractivity contribution in [3.05, 3.63) is 42.2 Å². The summed E-state index contributed by atoms with van der Waals surface area (Å²) in [5.41, 5.74) is 1.37. The fourth-order valence-electron chi connectivity index (χ4n) is 3.47. The zero-order valence-corrected chi connectivity index (χ0v) is 14.6. The number of nitrogens with zero attached hydrogens (tertiary/aromatic N) is 2. The summed E-state index contributed by atoms with van der Waals surface area (Å²) in [7, 11) is 1.65. The number of carbonyl (C=O) groups excluding carboxylic acids is 1. The van der Waals surface area contributed by atoms with Crippen LogP contribution in [0.3, 0.4) is 0 Å². The lowest BCUT2D eigenvalue weighted by atomic mass is 9.78. The van der Waals surface area contributed by atoms with Crippen molar-refractivity contribution in [1.82, 2.24) is 9.78 Å². The number of nitrogens with one attached hydrogen (secondary N) is 1. The first-order valence-electron chi connectivity index (χ1n) is 8.55. The van der Waals surface area contributed by atoms with Gasteiger partial charge in [0, 0.05) is 12.2 Å². The molecule has 3 rings (SSSR count). The number of aromatic nitrogens is 2. The first-order valence-corrected chi connectivity index (χ1v) is 8.55. The molecular formula is C19H25N3O2. The molecule has 1 aliphatic carbocycles. The fourth-order valence-corrected chi connectivity index (χ4v) is 3.47. The van der Waals surface area contributed by atoms with Crippen molar-refractivity contribution in [2.45, 2.75) is 51.0 Å². The van der Waals surface area contributed by atoms with Crippen molar-refractivity contribution in [2.24, 2.45) is 0 Å². The topological polar surface area (TPSA) is 56.1 Å². The zero-order chi connectivity index (χ0) is 17.2. The molecule has 1 fully saturated rings. The van der Waals surface area contributed by atoms with Gasteiger partial charge in [-0.05, 0) is 44.4 Å². The molecule has 0 saturated heterocycles. The van der Waals surface area contributed by atoms with Gasteiger partial charge in [0.1, 0.15) is 5.75 Å². The first kappa shape index (κ1) is 16.6. The van der Waals surface area contributed by atoms with E-state index in [2.05, 4.69) is 24.3 Å². The molecule has 0 aliphatic heterocycles. The number of benzene rings is 1. The van der Waals surface area contributed by atoms with Crippen LogP contribution in [-0.2, 0) is 10.2 Å². The Labute approximate surface area is 143 Å². The quantitative estimate of drug-likeness (QED) is 0.905. The van der Waals surface area contributed by atoms with E-state index in [0.29, 0.717) is 0 Å². The second kappa shape index (κ2) is 6.67. The Balaban J connectivity index is 1.84. The average molecular weight is 327 g/mol. The lowest BCUT2D eigenvalue weighted by molar-refractivity contribution is -0.121. The van der Waals surface area contributed by atoms with E-state index in [9.17, 15) is 4.79 Å². The van der Waals surface area contributed by atoms with Crippen molar-refractivity contribution < 1.29 is 9.53 Å². The third-order valence-corrected chi connectivity index (χ3v) is 4.92. The number of hydrogen-bond acceptors (Lipinski definition) is 3. The minimum atomic E-state index is -0.452.